The molecule has 0 aromatic heterocycles. The van der Waals surface area contributed by atoms with Crippen LogP contribution in [0.3, 0.4) is 0 Å². The van der Waals surface area contributed by atoms with E-state index in [1.165, 1.54) is 25.7 Å². The van der Waals surface area contributed by atoms with Crippen molar-refractivity contribution in [2.24, 2.45) is 11.8 Å². The van der Waals surface area contributed by atoms with E-state index in [1.54, 1.807) is 0 Å². The maximum absolute atomic E-state index is 3.49. The molecule has 0 saturated heterocycles. The summed E-state index contributed by atoms with van der Waals surface area (Å²) >= 11 is 6.98. The summed E-state index contributed by atoms with van der Waals surface area (Å²) in [6, 6.07) is 0. The minimum absolute atomic E-state index is 0.843. The van der Waals surface area contributed by atoms with Crippen molar-refractivity contribution in [2.75, 3.05) is 10.7 Å². The van der Waals surface area contributed by atoms with Crippen LogP contribution in [0.2, 0.25) is 0 Å². The fourth-order valence-electron chi connectivity index (χ4n) is 1.68. The Labute approximate surface area is 92.8 Å². The monoisotopic (exact) mass is 294 g/mol. The van der Waals surface area contributed by atoms with Gasteiger partial charge in [0.25, 0.3) is 0 Å². The molecule has 0 heterocycles. The Kier molecular flexibility index (Phi) is 5.90. The van der Waals surface area contributed by atoms with Gasteiger partial charge in [-0.15, -0.1) is 0 Å². The van der Waals surface area contributed by atoms with Crippen LogP contribution in [0.5, 0.6) is 0 Å². The lowest BCUT2D eigenvalue weighted by Crippen LogP contribution is -2.16. The van der Waals surface area contributed by atoms with Crippen LogP contribution in [-0.4, -0.2) is 10.7 Å². The second-order valence-corrected chi connectivity index (χ2v) is 5.00. The van der Waals surface area contributed by atoms with Gasteiger partial charge >= 0.3 is 0 Å². The molecule has 1 aliphatic carbocycles. The molecule has 1 fully saturated rings. The molecule has 1 rings (SSSR count). The van der Waals surface area contributed by atoms with Gasteiger partial charge in [-0.2, -0.15) is 0 Å². The molecule has 0 nitrogen and oxygen atoms in total. The Balaban J connectivity index is 2.11. The number of hydrogen-bond acceptors (Lipinski definition) is 0. The zero-order valence-corrected chi connectivity index (χ0v) is 10.5. The molecule has 12 heavy (non-hydrogen) atoms. The Morgan fingerprint density at radius 1 is 0.917 bits per heavy atom. The lowest BCUT2D eigenvalue weighted by atomic mass is 9.80. The smallest absolute Gasteiger partial charge is 0.00340 e. The first-order valence-corrected chi connectivity index (χ1v) is 6.89. The lowest BCUT2D eigenvalue weighted by Gasteiger charge is -2.27. The van der Waals surface area contributed by atoms with Crippen molar-refractivity contribution < 1.29 is 0 Å². The predicted molar refractivity (Wildman–Crippen MR) is 61.6 cm³/mol. The summed E-state index contributed by atoms with van der Waals surface area (Å²) in [7, 11) is 0. The minimum Gasteiger partial charge on any atom is -0.0928 e. The van der Waals surface area contributed by atoms with Crippen LogP contribution in [0.15, 0.2) is 0 Å². The Morgan fingerprint density at radius 3 is 1.58 bits per heavy atom. The summed E-state index contributed by atoms with van der Waals surface area (Å²) in [5, 5.41) is 2.29. The summed E-state index contributed by atoms with van der Waals surface area (Å²) in [4.78, 5) is 0. The van der Waals surface area contributed by atoms with Gasteiger partial charge in [0.1, 0.15) is 0 Å². The molecule has 2 atom stereocenters. The van der Waals surface area contributed by atoms with Gasteiger partial charge in [-0.25, -0.2) is 0 Å². The molecule has 0 aromatic rings. The third kappa shape index (κ3) is 3.78. The average Bonchev–Trinajstić information content (AvgIpc) is 2.09. The third-order valence-corrected chi connectivity index (χ3v) is 3.42. The van der Waals surface area contributed by atoms with E-state index in [4.69, 9.17) is 0 Å². The molecule has 2 radical (unpaired) electrons. The van der Waals surface area contributed by atoms with Crippen LogP contribution in [0.4, 0.5) is 0 Å². The van der Waals surface area contributed by atoms with Crippen molar-refractivity contribution in [2.45, 2.75) is 25.7 Å². The molecule has 1 saturated carbocycles. The normalized spacial score (nSPS) is 30.5. The maximum Gasteiger partial charge on any atom is 0.00340 e. The standard InChI is InChI=1S/C10H16Br2/c11-7-5-9-1-2-10(4-3-9)6-8-12/h1,4,9-10H,2-3,5-8H2. The van der Waals surface area contributed by atoms with E-state index >= 15 is 0 Å². The van der Waals surface area contributed by atoms with Gasteiger partial charge in [-0.1, -0.05) is 31.9 Å². The van der Waals surface area contributed by atoms with E-state index in [1.807, 2.05) is 0 Å². The first-order chi connectivity index (χ1) is 5.86. The molecule has 0 bridgehead atoms. The molecule has 0 spiro atoms. The van der Waals surface area contributed by atoms with Crippen molar-refractivity contribution in [3.8, 4) is 0 Å². The molecule has 1 aliphatic rings. The van der Waals surface area contributed by atoms with Gasteiger partial charge in [0, 0.05) is 10.7 Å². The van der Waals surface area contributed by atoms with Crippen molar-refractivity contribution in [3.05, 3.63) is 12.8 Å². The van der Waals surface area contributed by atoms with Crippen LogP contribution in [0, 0.1) is 24.7 Å². The van der Waals surface area contributed by atoms with Gasteiger partial charge in [-0.3, -0.25) is 0 Å². The first kappa shape index (κ1) is 11.0. The molecule has 0 aromatic carbocycles. The van der Waals surface area contributed by atoms with Gasteiger partial charge in [0.2, 0.25) is 0 Å². The molecule has 2 unspecified atom stereocenters. The lowest BCUT2D eigenvalue weighted by molar-refractivity contribution is 0.415. The zero-order valence-electron chi connectivity index (χ0n) is 7.31. The summed E-state index contributed by atoms with van der Waals surface area (Å²) < 4.78 is 0. The molecule has 0 amide bonds. The van der Waals surface area contributed by atoms with Gasteiger partial charge in [0.05, 0.1) is 0 Å². The van der Waals surface area contributed by atoms with Crippen molar-refractivity contribution >= 4 is 31.9 Å². The molecule has 2 heteroatoms. The number of halogens is 2. The minimum atomic E-state index is 0.843. The highest BCUT2D eigenvalue weighted by Gasteiger charge is 2.20. The molecular formula is C10H16Br2. The quantitative estimate of drug-likeness (QED) is 0.688. The molecule has 0 N–H and O–H groups in total. The fourth-order valence-corrected chi connectivity index (χ4v) is 2.85. The Morgan fingerprint density at radius 2 is 1.33 bits per heavy atom. The van der Waals surface area contributed by atoms with Crippen LogP contribution in [0.25, 0.3) is 0 Å². The second-order valence-electron chi connectivity index (χ2n) is 3.42. The molecular weight excluding hydrogens is 280 g/mol. The zero-order chi connectivity index (χ0) is 8.81. The van der Waals surface area contributed by atoms with Crippen LogP contribution < -0.4 is 0 Å². The van der Waals surface area contributed by atoms with Gasteiger partial charge in [-0.05, 0) is 50.4 Å². The summed E-state index contributed by atoms with van der Waals surface area (Å²) in [6.07, 6.45) is 10.2. The SMILES string of the molecule is BrCCC1[CH]CC(CCBr)[CH]C1. The maximum atomic E-state index is 3.49. The number of alkyl halides is 2. The number of rotatable bonds is 4. The fraction of sp³-hybridized carbons (Fsp3) is 0.800. The van der Waals surface area contributed by atoms with Gasteiger partial charge in [0.15, 0.2) is 0 Å². The number of hydrogen-bond donors (Lipinski definition) is 0. The van der Waals surface area contributed by atoms with Crippen LogP contribution in [-0.2, 0) is 0 Å². The molecule has 70 valence electrons. The second kappa shape index (κ2) is 6.42. The van der Waals surface area contributed by atoms with E-state index in [-0.39, 0.29) is 0 Å². The topological polar surface area (TPSA) is 0 Å². The van der Waals surface area contributed by atoms with Crippen LogP contribution >= 0.6 is 31.9 Å². The largest absolute Gasteiger partial charge is 0.0928 e. The highest BCUT2D eigenvalue weighted by molar-refractivity contribution is 9.09. The van der Waals surface area contributed by atoms with E-state index in [0.717, 1.165) is 22.5 Å². The Bertz CT molecular complexity index is 92.4. The van der Waals surface area contributed by atoms with Crippen molar-refractivity contribution in [1.82, 2.24) is 0 Å². The van der Waals surface area contributed by atoms with Crippen molar-refractivity contribution in [3.63, 3.8) is 0 Å². The molecule has 0 aliphatic heterocycles. The van der Waals surface area contributed by atoms with Crippen LogP contribution in [0.1, 0.15) is 25.7 Å². The van der Waals surface area contributed by atoms with E-state index in [0.29, 0.717) is 0 Å². The predicted octanol–water partition coefficient (Wildman–Crippen LogP) is 3.99. The average molecular weight is 296 g/mol. The highest BCUT2D eigenvalue weighted by atomic mass is 79.9. The van der Waals surface area contributed by atoms with E-state index in [9.17, 15) is 0 Å². The van der Waals surface area contributed by atoms with Crippen molar-refractivity contribution in [1.29, 1.82) is 0 Å². The highest BCUT2D eigenvalue weighted by Crippen LogP contribution is 2.31. The van der Waals surface area contributed by atoms with Gasteiger partial charge < -0.3 is 0 Å². The first-order valence-electron chi connectivity index (χ1n) is 4.65. The van der Waals surface area contributed by atoms with E-state index in [2.05, 4.69) is 44.7 Å². The Hall–Kier alpha value is 0.960. The summed E-state index contributed by atoms with van der Waals surface area (Å²) in [6.45, 7) is 0. The summed E-state index contributed by atoms with van der Waals surface area (Å²) in [5.74, 6) is 1.69. The van der Waals surface area contributed by atoms with E-state index < -0.39 is 0 Å². The summed E-state index contributed by atoms with van der Waals surface area (Å²) in [5.41, 5.74) is 0. The third-order valence-electron chi connectivity index (χ3n) is 2.50.